The normalized spacial score (nSPS) is 11.8. The van der Waals surface area contributed by atoms with Crippen LogP contribution in [0.5, 0.6) is 5.75 Å². The van der Waals surface area contributed by atoms with Crippen LogP contribution in [0, 0.1) is 0 Å². The van der Waals surface area contributed by atoms with E-state index in [1.165, 1.54) is 16.5 Å². The number of benzene rings is 4. The smallest absolute Gasteiger partial charge is 0.167 e. The number of nitrogens with one attached hydrogen (secondary N) is 3. The molecule has 6 aromatic rings. The summed E-state index contributed by atoms with van der Waals surface area (Å²) >= 11 is 5.84. The number of fused-ring (bicyclic) bond motifs is 1. The van der Waals surface area contributed by atoms with E-state index < -0.39 is 0 Å². The van der Waals surface area contributed by atoms with Crippen LogP contribution in [0.2, 0.25) is 0 Å². The van der Waals surface area contributed by atoms with Crippen LogP contribution in [-0.2, 0) is 32.4 Å². The molecule has 0 bridgehead atoms. The minimum atomic E-state index is -0.221. The number of methoxy groups -OCH3 is 1. The zero-order valence-corrected chi connectivity index (χ0v) is 25.6. The van der Waals surface area contributed by atoms with Gasteiger partial charge in [-0.3, -0.25) is 0 Å². The minimum absolute atomic E-state index is 0.221. The van der Waals surface area contributed by atoms with Crippen molar-refractivity contribution < 1.29 is 4.74 Å². The summed E-state index contributed by atoms with van der Waals surface area (Å²) in [6, 6.07) is 37.1. The summed E-state index contributed by atoms with van der Waals surface area (Å²) in [5.74, 6) is 2.61. The fourth-order valence-corrected chi connectivity index (χ4v) is 5.71. The van der Waals surface area contributed by atoms with E-state index in [1.54, 1.807) is 7.11 Å². The lowest BCUT2D eigenvalue weighted by Crippen LogP contribution is -2.39. The molecule has 6 rings (SSSR count). The van der Waals surface area contributed by atoms with Crippen molar-refractivity contribution in [3.63, 3.8) is 0 Å². The zero-order chi connectivity index (χ0) is 30.1. The number of nitrogens with zero attached hydrogens (tertiary/aromatic N) is 3. The van der Waals surface area contributed by atoms with Gasteiger partial charge in [0.25, 0.3) is 0 Å². The van der Waals surface area contributed by atoms with Gasteiger partial charge in [-0.15, -0.1) is 10.2 Å². The number of hydrogen-bond donors (Lipinski definition) is 3. The van der Waals surface area contributed by atoms with Crippen molar-refractivity contribution in [2.24, 2.45) is 0 Å². The second-order valence-electron chi connectivity index (χ2n) is 10.8. The maximum Gasteiger partial charge on any atom is 0.167 e. The molecule has 0 spiro atoms. The summed E-state index contributed by atoms with van der Waals surface area (Å²) in [5, 5.41) is 18.3. The van der Waals surface area contributed by atoms with Gasteiger partial charge in [0.2, 0.25) is 0 Å². The Bertz CT molecular complexity index is 1800. The maximum atomic E-state index is 5.84. The van der Waals surface area contributed by atoms with Crippen LogP contribution >= 0.6 is 12.2 Å². The van der Waals surface area contributed by atoms with E-state index in [2.05, 4.69) is 93.1 Å². The number of para-hydroxylation sites is 1. The predicted molar refractivity (Wildman–Crippen MR) is 180 cm³/mol. The van der Waals surface area contributed by atoms with Crippen LogP contribution in [0.1, 0.15) is 39.9 Å². The Kier molecular flexibility index (Phi) is 9.28. The number of thiocarbonyl (C=S) groups is 1. The number of rotatable bonds is 12. The molecule has 222 valence electrons. The van der Waals surface area contributed by atoms with Crippen molar-refractivity contribution >= 4 is 28.2 Å². The molecule has 1 atom stereocenters. The monoisotopic (exact) mass is 600 g/mol. The Morgan fingerprint density at radius 3 is 2.27 bits per heavy atom. The lowest BCUT2D eigenvalue weighted by atomic mass is 10.0. The molecular weight excluding hydrogens is 565 g/mol. The average molecular weight is 601 g/mol. The van der Waals surface area contributed by atoms with Crippen LogP contribution in [0.4, 0.5) is 0 Å². The summed E-state index contributed by atoms with van der Waals surface area (Å²) in [6.07, 6.45) is 4.40. The molecule has 0 saturated carbocycles. The van der Waals surface area contributed by atoms with E-state index in [0.717, 1.165) is 46.9 Å². The molecule has 0 amide bonds. The van der Waals surface area contributed by atoms with Crippen LogP contribution in [0.3, 0.4) is 0 Å². The highest BCUT2D eigenvalue weighted by Gasteiger charge is 2.24. The van der Waals surface area contributed by atoms with E-state index in [1.807, 2.05) is 42.5 Å². The Labute approximate surface area is 263 Å². The van der Waals surface area contributed by atoms with Crippen LogP contribution in [0.25, 0.3) is 10.9 Å². The second-order valence-corrected chi connectivity index (χ2v) is 11.2. The summed E-state index contributed by atoms with van der Waals surface area (Å²) in [4.78, 5) is 3.42. The molecule has 4 aromatic carbocycles. The molecule has 2 heterocycles. The SMILES string of the molecule is COc1ccc(Cn2c(CCc3ccccc3)nnc2[C@@H](Cc2c[nH]c3ccccc23)NC(=S)NCc2ccccc2)cc1. The number of hydrogen-bond acceptors (Lipinski definition) is 4. The fraction of sp³-hybridized carbons (Fsp3) is 0.194. The molecule has 0 radical (unpaired) electrons. The van der Waals surface area contributed by atoms with Gasteiger partial charge in [-0.05, 0) is 59.1 Å². The Balaban J connectivity index is 1.33. The molecule has 0 unspecified atom stereocenters. The maximum absolute atomic E-state index is 5.84. The number of aromatic nitrogens is 4. The van der Waals surface area contributed by atoms with Crippen LogP contribution in [0.15, 0.2) is 115 Å². The first-order valence-corrected chi connectivity index (χ1v) is 15.3. The topological polar surface area (TPSA) is 79.8 Å². The van der Waals surface area contributed by atoms with Gasteiger partial charge in [0.05, 0.1) is 19.7 Å². The third-order valence-electron chi connectivity index (χ3n) is 7.85. The first-order valence-electron chi connectivity index (χ1n) is 14.9. The molecule has 2 aromatic heterocycles. The highest BCUT2D eigenvalue weighted by atomic mass is 32.1. The van der Waals surface area contributed by atoms with E-state index in [9.17, 15) is 0 Å². The molecule has 0 aliphatic rings. The molecule has 0 fully saturated rings. The van der Waals surface area contributed by atoms with Crippen molar-refractivity contribution in [2.45, 2.75) is 38.4 Å². The molecule has 0 aliphatic heterocycles. The van der Waals surface area contributed by atoms with Gasteiger partial charge in [0, 0.05) is 36.5 Å². The zero-order valence-electron chi connectivity index (χ0n) is 24.7. The summed E-state index contributed by atoms with van der Waals surface area (Å²) in [6.45, 7) is 1.26. The number of ether oxygens (including phenoxy) is 1. The van der Waals surface area contributed by atoms with Crippen molar-refractivity contribution in [3.05, 3.63) is 149 Å². The van der Waals surface area contributed by atoms with Gasteiger partial charge in [-0.25, -0.2) is 0 Å². The van der Waals surface area contributed by atoms with E-state index in [4.69, 9.17) is 27.2 Å². The molecule has 3 N–H and O–H groups in total. The predicted octanol–water partition coefficient (Wildman–Crippen LogP) is 6.55. The average Bonchev–Trinajstić information content (AvgIpc) is 3.67. The van der Waals surface area contributed by atoms with Gasteiger partial charge < -0.3 is 24.9 Å². The van der Waals surface area contributed by atoms with E-state index in [0.29, 0.717) is 24.6 Å². The summed E-state index contributed by atoms with van der Waals surface area (Å²) < 4.78 is 7.65. The Morgan fingerprint density at radius 1 is 0.818 bits per heavy atom. The number of aryl methyl sites for hydroxylation is 2. The van der Waals surface area contributed by atoms with Crippen LogP contribution in [-0.4, -0.2) is 32.0 Å². The highest BCUT2D eigenvalue weighted by Crippen LogP contribution is 2.26. The highest BCUT2D eigenvalue weighted by molar-refractivity contribution is 7.80. The molecular formula is C36H36N6OS. The van der Waals surface area contributed by atoms with Gasteiger partial charge in [-0.2, -0.15) is 0 Å². The quantitative estimate of drug-likeness (QED) is 0.138. The lowest BCUT2D eigenvalue weighted by Gasteiger charge is -2.22. The largest absolute Gasteiger partial charge is 0.497 e. The third-order valence-corrected chi connectivity index (χ3v) is 8.11. The van der Waals surface area contributed by atoms with Gasteiger partial charge in [0.1, 0.15) is 11.6 Å². The third kappa shape index (κ3) is 7.15. The summed E-state index contributed by atoms with van der Waals surface area (Å²) in [5.41, 5.74) is 5.87. The summed E-state index contributed by atoms with van der Waals surface area (Å²) in [7, 11) is 1.68. The Hall–Kier alpha value is -4.95. The number of H-pyrrole nitrogens is 1. The van der Waals surface area contributed by atoms with Crippen molar-refractivity contribution in [1.82, 2.24) is 30.4 Å². The van der Waals surface area contributed by atoms with E-state index >= 15 is 0 Å². The van der Waals surface area contributed by atoms with Crippen molar-refractivity contribution in [2.75, 3.05) is 7.11 Å². The first-order chi connectivity index (χ1) is 21.7. The number of aromatic amines is 1. The first kappa shape index (κ1) is 29.1. The van der Waals surface area contributed by atoms with E-state index in [-0.39, 0.29) is 6.04 Å². The van der Waals surface area contributed by atoms with Gasteiger partial charge >= 0.3 is 0 Å². The molecule has 7 nitrogen and oxygen atoms in total. The Morgan fingerprint density at radius 2 is 1.52 bits per heavy atom. The standard InChI is InChI=1S/C36H36N6OS/c1-43-30-19-16-28(17-20-30)25-42-34(21-18-26-10-4-2-5-11-26)40-41-35(42)33(22-29-24-37-32-15-9-8-14-31(29)32)39-36(44)38-23-27-12-6-3-7-13-27/h2-17,19-20,24,33,37H,18,21-23,25H2,1H3,(H2,38,39,44)/t33-/m1/s1. The van der Waals surface area contributed by atoms with Crippen molar-refractivity contribution in [1.29, 1.82) is 0 Å². The second kappa shape index (κ2) is 14.0. The minimum Gasteiger partial charge on any atom is -0.497 e. The molecule has 0 aliphatic carbocycles. The molecule has 8 heteroatoms. The van der Waals surface area contributed by atoms with Crippen molar-refractivity contribution in [3.8, 4) is 5.75 Å². The fourth-order valence-electron chi connectivity index (χ4n) is 5.49. The molecule has 0 saturated heterocycles. The van der Waals surface area contributed by atoms with Crippen LogP contribution < -0.4 is 15.4 Å². The van der Waals surface area contributed by atoms with Gasteiger partial charge in [-0.1, -0.05) is 91.0 Å². The van der Waals surface area contributed by atoms with Gasteiger partial charge in [0.15, 0.2) is 10.9 Å². The molecule has 44 heavy (non-hydrogen) atoms. The lowest BCUT2D eigenvalue weighted by molar-refractivity contribution is 0.414.